The smallest absolute Gasteiger partial charge is 0.415 e. The van der Waals surface area contributed by atoms with E-state index in [-0.39, 0.29) is 47.2 Å². The Morgan fingerprint density at radius 1 is 0.462 bits per heavy atom. The van der Waals surface area contributed by atoms with Crippen molar-refractivity contribution < 1.29 is 57.0 Å². The molecule has 0 aliphatic carbocycles. The van der Waals surface area contributed by atoms with E-state index in [1.165, 1.54) is 0 Å². The summed E-state index contributed by atoms with van der Waals surface area (Å²) in [5.41, 5.74) is 0. The van der Waals surface area contributed by atoms with E-state index in [1.54, 1.807) is 21.3 Å². The van der Waals surface area contributed by atoms with Crippen molar-refractivity contribution in [1.29, 1.82) is 0 Å². The van der Waals surface area contributed by atoms with Crippen molar-refractivity contribution in [1.82, 2.24) is 0 Å². The Balaban J connectivity index is -0.0000000817. The zero-order valence-electron chi connectivity index (χ0n) is 18.7. The predicted octanol–water partition coefficient (Wildman–Crippen LogP) is -0.675. The fraction of sp³-hybridized carbons (Fsp3) is 1.00. The molecule has 0 heterocycles. The molecule has 0 unspecified atom stereocenters. The minimum Gasteiger partial charge on any atom is -0.415 e. The van der Waals surface area contributed by atoms with Gasteiger partial charge in [-0.25, -0.2) is 0 Å². The summed E-state index contributed by atoms with van der Waals surface area (Å²) in [6.07, 6.45) is 0. The van der Waals surface area contributed by atoms with Gasteiger partial charge in [0.2, 0.25) is 27.1 Å². The summed E-state index contributed by atoms with van der Waals surface area (Å²) >= 11 is 0. The molecule has 0 aromatic carbocycles. The Labute approximate surface area is 200 Å². The minimum absolute atomic E-state index is 0. The Kier molecular flexibility index (Phi) is 51.1. The summed E-state index contributed by atoms with van der Waals surface area (Å²) in [6, 6.07) is 0. The molecule has 0 spiro atoms. The molecule has 0 saturated heterocycles. The molecule has 6 nitrogen and oxygen atoms in total. The molecule has 0 aliphatic heterocycles. The fourth-order valence-corrected chi connectivity index (χ4v) is 2.46. The van der Waals surface area contributed by atoms with E-state index in [1.807, 2.05) is 0 Å². The van der Waals surface area contributed by atoms with Crippen molar-refractivity contribution in [3.05, 3.63) is 0 Å². The Bertz CT molecular complexity index is 189. The van der Waals surface area contributed by atoms with Crippen LogP contribution in [-0.2, 0) is 27.5 Å². The zero-order valence-corrected chi connectivity index (χ0v) is 25.8. The van der Waals surface area contributed by atoms with E-state index in [4.69, 9.17) is 27.5 Å². The number of hydrogen-bond acceptors (Lipinski definition) is 6. The van der Waals surface area contributed by atoms with Gasteiger partial charge in [-0.05, 0) is 39.3 Å². The topological polar surface area (TPSA) is 55.4 Å². The molecular formula is C15H39GeNaO6Si3+. The number of hydrogen-bond donors (Lipinski definition) is 0. The third kappa shape index (κ3) is 56.2. The van der Waals surface area contributed by atoms with E-state index >= 15 is 0 Å². The van der Waals surface area contributed by atoms with Gasteiger partial charge < -0.3 is 27.5 Å². The first kappa shape index (κ1) is 38.5. The maximum atomic E-state index is 5.26. The van der Waals surface area contributed by atoms with Crippen LogP contribution in [0.2, 0.25) is 39.3 Å². The van der Waals surface area contributed by atoms with Gasteiger partial charge in [0.05, 0.1) is 39.6 Å². The van der Waals surface area contributed by atoms with Crippen LogP contribution in [-0.4, -0.2) is 106 Å². The average molecular weight is 495 g/mol. The van der Waals surface area contributed by atoms with Crippen LogP contribution in [0.3, 0.4) is 0 Å². The monoisotopic (exact) mass is 496 g/mol. The Morgan fingerprint density at radius 3 is 0.769 bits per heavy atom. The van der Waals surface area contributed by atoms with Crippen LogP contribution in [0.15, 0.2) is 0 Å². The van der Waals surface area contributed by atoms with Crippen molar-refractivity contribution in [2.24, 2.45) is 0 Å². The maximum Gasteiger partial charge on any atom is 1.00 e. The maximum absolute atomic E-state index is 5.26. The second-order valence-electron chi connectivity index (χ2n) is 5.25. The second kappa shape index (κ2) is 34.5. The molecule has 0 amide bonds. The summed E-state index contributed by atoms with van der Waals surface area (Å²) in [5, 5.41) is 0. The van der Waals surface area contributed by atoms with Crippen LogP contribution in [0.1, 0.15) is 0 Å². The van der Waals surface area contributed by atoms with E-state index in [2.05, 4.69) is 39.3 Å². The molecular weight excluding hydrogens is 456 g/mol. The third-order valence-corrected chi connectivity index (χ3v) is 4.38. The van der Waals surface area contributed by atoms with Crippen molar-refractivity contribution in [2.45, 2.75) is 39.3 Å². The second-order valence-corrected chi connectivity index (χ2v) is 11.6. The molecule has 11 heteroatoms. The fourth-order valence-electron chi connectivity index (χ4n) is 0.987. The van der Waals surface area contributed by atoms with Gasteiger partial charge in [-0.2, -0.15) is 0 Å². The molecule has 7 radical (unpaired) electrons. The minimum atomic E-state index is -0.487. The van der Waals surface area contributed by atoms with Gasteiger partial charge in [0.15, 0.2) is 0 Å². The zero-order chi connectivity index (χ0) is 19.2. The molecule has 151 valence electrons. The molecule has 0 rings (SSSR count). The summed E-state index contributed by atoms with van der Waals surface area (Å²) in [7, 11) is 3.58. The predicted molar refractivity (Wildman–Crippen MR) is 112 cm³/mol. The number of rotatable bonds is 12. The van der Waals surface area contributed by atoms with E-state index < -0.39 is 27.1 Å². The van der Waals surface area contributed by atoms with Crippen LogP contribution in [0.4, 0.5) is 0 Å². The molecule has 0 bridgehead atoms. The molecule has 26 heavy (non-hydrogen) atoms. The van der Waals surface area contributed by atoms with Crippen LogP contribution < -0.4 is 29.6 Å². The molecule has 0 fully saturated rings. The van der Waals surface area contributed by atoms with Crippen molar-refractivity contribution >= 4 is 44.7 Å². The van der Waals surface area contributed by atoms with Crippen molar-refractivity contribution in [3.8, 4) is 0 Å². The average Bonchev–Trinajstić information content (AvgIpc) is 2.48. The molecule has 0 saturated carbocycles. The molecule has 0 aromatic rings. The molecule has 0 aromatic heterocycles. The largest absolute Gasteiger partial charge is 1.00 e. The Hall–Kier alpha value is 1.95. The van der Waals surface area contributed by atoms with Crippen LogP contribution in [0.25, 0.3) is 0 Å². The quantitative estimate of drug-likeness (QED) is 0.265. The normalized spacial score (nSPS) is 9.69. The van der Waals surface area contributed by atoms with E-state index in [9.17, 15) is 0 Å². The first-order valence-corrected chi connectivity index (χ1v) is 15.3. The number of methoxy groups -OCH3 is 3. The van der Waals surface area contributed by atoms with Gasteiger partial charge in [-0.1, -0.05) is 0 Å². The van der Waals surface area contributed by atoms with Gasteiger partial charge in [-0.15, -0.1) is 0 Å². The van der Waals surface area contributed by atoms with Gasteiger partial charge >= 0.3 is 29.6 Å². The first-order chi connectivity index (χ1) is 11.3. The van der Waals surface area contributed by atoms with Crippen LogP contribution in [0.5, 0.6) is 0 Å². The van der Waals surface area contributed by atoms with Gasteiger partial charge in [-0.3, -0.25) is 0 Å². The molecule has 0 atom stereocenters. The molecule has 0 aliphatic rings. The standard InChI is InChI=1S/3C5H13O2Si.Ge.Na/c3*1-6-4-5-7-8(2)3;;/h3*4-5H2,1-3H3;;/q;;;;+1. The summed E-state index contributed by atoms with van der Waals surface area (Å²) in [6.45, 7) is 17.1. The van der Waals surface area contributed by atoms with Crippen molar-refractivity contribution in [2.75, 3.05) is 61.0 Å². The van der Waals surface area contributed by atoms with Gasteiger partial charge in [0, 0.05) is 38.9 Å². The van der Waals surface area contributed by atoms with E-state index in [0.717, 1.165) is 39.6 Å². The Morgan fingerprint density at radius 2 is 0.654 bits per heavy atom. The van der Waals surface area contributed by atoms with E-state index in [0.29, 0.717) is 0 Å². The number of ether oxygens (including phenoxy) is 3. The van der Waals surface area contributed by atoms with Crippen LogP contribution in [0, 0.1) is 0 Å². The van der Waals surface area contributed by atoms with Gasteiger partial charge in [0.25, 0.3) is 0 Å². The first-order valence-electron chi connectivity index (χ1n) is 8.07. The summed E-state index contributed by atoms with van der Waals surface area (Å²) in [4.78, 5) is 0. The van der Waals surface area contributed by atoms with Crippen LogP contribution >= 0.6 is 0 Å². The van der Waals surface area contributed by atoms with Gasteiger partial charge in [0.1, 0.15) is 0 Å². The van der Waals surface area contributed by atoms with Crippen molar-refractivity contribution in [3.63, 3.8) is 0 Å². The third-order valence-electron chi connectivity index (χ3n) is 2.03. The summed E-state index contributed by atoms with van der Waals surface area (Å²) < 4.78 is 30.1. The molecule has 0 N–H and O–H groups in total. The summed E-state index contributed by atoms with van der Waals surface area (Å²) in [5.74, 6) is 0. The SMILES string of the molecule is COCCO[Si](C)C.COCCO[Si](C)C.COCCO[Si](C)C.[Ge].[Na+].